The van der Waals surface area contributed by atoms with Gasteiger partial charge < -0.3 is 0 Å². The Labute approximate surface area is 215 Å². The largest absolute Gasteiger partial charge is 0.462 e. The lowest BCUT2D eigenvalue weighted by atomic mass is 9.98. The molecule has 0 aromatic heterocycles. The predicted molar refractivity (Wildman–Crippen MR) is 80.7 cm³/mol. The molecule has 0 spiro atoms. The minimum atomic E-state index is -8.62. The molecular formula is C15BrF23O2. The molecule has 1 rings (SSSR count). The van der Waals surface area contributed by atoms with Crippen molar-refractivity contribution in [3.8, 4) is 0 Å². The summed E-state index contributed by atoms with van der Waals surface area (Å²) < 4.78 is 306. The summed E-state index contributed by atoms with van der Waals surface area (Å²) in [5, 5.41) is 0. The highest BCUT2D eigenvalue weighted by Crippen LogP contribution is 2.60. The molecule has 0 saturated heterocycles. The number of hydrogen-bond acceptors (Lipinski definition) is 2. The van der Waals surface area contributed by atoms with Crippen LogP contribution in [0.15, 0.2) is 4.47 Å². The monoisotopic (exact) mass is 728 g/mol. The maximum Gasteiger partial charge on any atom is 0.462 e. The zero-order chi connectivity index (χ0) is 33.4. The van der Waals surface area contributed by atoms with Crippen molar-refractivity contribution in [2.75, 3.05) is 0 Å². The van der Waals surface area contributed by atoms with Crippen LogP contribution in [0.2, 0.25) is 0 Å². The maximum atomic E-state index is 14.5. The molecule has 0 radical (unpaired) electrons. The van der Waals surface area contributed by atoms with Crippen LogP contribution in [0, 0.1) is 23.3 Å². The molecule has 0 N–H and O–H groups in total. The zero-order valence-electron chi connectivity index (χ0n) is 17.4. The van der Waals surface area contributed by atoms with E-state index in [1.165, 1.54) is 4.74 Å². The van der Waals surface area contributed by atoms with E-state index in [0.29, 0.717) is 0 Å². The van der Waals surface area contributed by atoms with Crippen LogP contribution in [0.3, 0.4) is 0 Å². The molecule has 0 aliphatic rings. The van der Waals surface area contributed by atoms with Crippen LogP contribution in [0.4, 0.5) is 101 Å². The predicted octanol–water partition coefficient (Wildman–Crippen LogP) is 8.97. The number of benzene rings is 1. The van der Waals surface area contributed by atoms with Gasteiger partial charge in [0.2, 0.25) is 0 Å². The fourth-order valence-electron chi connectivity index (χ4n) is 2.27. The summed E-state index contributed by atoms with van der Waals surface area (Å²) in [6.45, 7) is 0. The van der Waals surface area contributed by atoms with Gasteiger partial charge in [0.15, 0.2) is 23.3 Å². The van der Waals surface area contributed by atoms with Gasteiger partial charge in [-0.3, -0.25) is 9.47 Å². The van der Waals surface area contributed by atoms with Gasteiger partial charge in [-0.1, -0.05) is 0 Å². The minimum Gasteiger partial charge on any atom is -0.264 e. The van der Waals surface area contributed by atoms with E-state index in [2.05, 4.69) is 0 Å². The molecule has 1 aromatic carbocycles. The quantitative estimate of drug-likeness (QED) is 0.151. The standard InChI is InChI=1S/C15BrF23O2/c16-2-5(19)3(17)1(4(18)6(2)20)7(21,22)9(25,12(30,31)32)40-15(38,39)10(26,13(33,34)35)41-14(36,37)8(23,24)11(27,28)29. The van der Waals surface area contributed by atoms with Crippen molar-refractivity contribution < 1.29 is 110 Å². The summed E-state index contributed by atoms with van der Waals surface area (Å²) in [6, 6.07) is 0. The first-order valence-corrected chi connectivity index (χ1v) is 9.40. The SMILES string of the molecule is Fc1c(F)c(C(F)(F)C(F)(OC(F)(F)C(F)(OC(F)(F)C(F)(F)C(F)(F)F)C(F)(F)F)C(F)(F)F)c(F)c(F)c1Br. The second-order valence-electron chi connectivity index (χ2n) is 7.02. The Bertz CT molecular complexity index is 1120. The van der Waals surface area contributed by atoms with E-state index in [-0.39, 0.29) is 0 Å². The Morgan fingerprint density at radius 1 is 0.415 bits per heavy atom. The van der Waals surface area contributed by atoms with Crippen molar-refractivity contribution in [2.45, 2.75) is 54.3 Å². The lowest BCUT2D eigenvalue weighted by Gasteiger charge is -2.42. The minimum absolute atomic E-state index is 1.10. The molecule has 1 aromatic rings. The number of halogens is 24. The van der Waals surface area contributed by atoms with E-state index >= 15 is 0 Å². The van der Waals surface area contributed by atoms with Gasteiger partial charge in [-0.15, -0.1) is 0 Å². The molecule has 2 atom stereocenters. The molecule has 0 bridgehead atoms. The van der Waals surface area contributed by atoms with Gasteiger partial charge in [0.05, 0.1) is 4.47 Å². The molecule has 240 valence electrons. The number of ether oxygens (including phenoxy) is 2. The highest BCUT2D eigenvalue weighted by molar-refractivity contribution is 9.10. The summed E-state index contributed by atoms with van der Waals surface area (Å²) in [6.07, 6.45) is -41.3. The Hall–Kier alpha value is -1.99. The number of alkyl halides is 19. The smallest absolute Gasteiger partial charge is 0.264 e. The van der Waals surface area contributed by atoms with Crippen LogP contribution in [-0.4, -0.2) is 48.4 Å². The fourth-order valence-corrected chi connectivity index (χ4v) is 2.62. The fraction of sp³-hybridized carbons (Fsp3) is 0.600. The van der Waals surface area contributed by atoms with Gasteiger partial charge in [0.25, 0.3) is 0 Å². The Kier molecular flexibility index (Phi) is 9.07. The maximum absolute atomic E-state index is 14.5. The van der Waals surface area contributed by atoms with Gasteiger partial charge >= 0.3 is 54.3 Å². The molecule has 41 heavy (non-hydrogen) atoms. The lowest BCUT2D eigenvalue weighted by Crippen LogP contribution is -2.69. The van der Waals surface area contributed by atoms with Gasteiger partial charge in [-0.2, -0.15) is 83.4 Å². The van der Waals surface area contributed by atoms with Crippen molar-refractivity contribution in [2.24, 2.45) is 0 Å². The molecule has 0 amide bonds. The van der Waals surface area contributed by atoms with Crippen LogP contribution >= 0.6 is 15.9 Å². The van der Waals surface area contributed by atoms with Crippen molar-refractivity contribution >= 4 is 15.9 Å². The van der Waals surface area contributed by atoms with Crippen LogP contribution < -0.4 is 0 Å². The third-order valence-electron chi connectivity index (χ3n) is 4.29. The third kappa shape index (κ3) is 5.58. The average molecular weight is 729 g/mol. The van der Waals surface area contributed by atoms with Crippen molar-refractivity contribution in [1.82, 2.24) is 0 Å². The molecule has 0 fully saturated rings. The highest BCUT2D eigenvalue weighted by atomic mass is 79.9. The Balaban J connectivity index is 4.04. The van der Waals surface area contributed by atoms with E-state index in [4.69, 9.17) is 0 Å². The molecule has 2 unspecified atom stereocenters. The molecule has 0 saturated carbocycles. The normalized spacial score (nSPS) is 17.9. The summed E-state index contributed by atoms with van der Waals surface area (Å²) in [4.78, 5) is 0. The second kappa shape index (κ2) is 10.0. The second-order valence-corrected chi connectivity index (χ2v) is 7.81. The van der Waals surface area contributed by atoms with Crippen LogP contribution in [-0.2, 0) is 15.4 Å². The molecule has 0 heterocycles. The Morgan fingerprint density at radius 2 is 0.732 bits per heavy atom. The van der Waals surface area contributed by atoms with E-state index in [0.717, 1.165) is 4.74 Å². The first-order valence-electron chi connectivity index (χ1n) is 8.60. The average Bonchev–Trinajstić information content (AvgIpc) is 2.72. The zero-order valence-corrected chi connectivity index (χ0v) is 19.0. The number of hydrogen-bond donors (Lipinski definition) is 0. The van der Waals surface area contributed by atoms with E-state index in [9.17, 15) is 101 Å². The van der Waals surface area contributed by atoms with Crippen LogP contribution in [0.5, 0.6) is 0 Å². The topological polar surface area (TPSA) is 18.5 Å². The van der Waals surface area contributed by atoms with Crippen molar-refractivity contribution in [1.29, 1.82) is 0 Å². The van der Waals surface area contributed by atoms with Gasteiger partial charge in [0.1, 0.15) is 5.56 Å². The van der Waals surface area contributed by atoms with Gasteiger partial charge in [0, 0.05) is 0 Å². The molecular weight excluding hydrogens is 729 g/mol. The molecule has 0 aliphatic heterocycles. The van der Waals surface area contributed by atoms with E-state index in [1.54, 1.807) is 15.9 Å². The van der Waals surface area contributed by atoms with E-state index in [1.807, 2.05) is 0 Å². The lowest BCUT2D eigenvalue weighted by molar-refractivity contribution is -0.562. The van der Waals surface area contributed by atoms with E-state index < -0.39 is 87.6 Å². The molecule has 2 nitrogen and oxygen atoms in total. The summed E-state index contributed by atoms with van der Waals surface area (Å²) in [5.41, 5.74) is -4.28. The third-order valence-corrected chi connectivity index (χ3v) is 4.99. The summed E-state index contributed by atoms with van der Waals surface area (Å²) >= 11 is 1.58. The highest BCUT2D eigenvalue weighted by Gasteiger charge is 2.87. The Morgan fingerprint density at radius 3 is 1.02 bits per heavy atom. The number of rotatable bonds is 8. The molecule has 0 aliphatic carbocycles. The van der Waals surface area contributed by atoms with Crippen molar-refractivity contribution in [3.63, 3.8) is 0 Å². The van der Waals surface area contributed by atoms with Crippen LogP contribution in [0.1, 0.15) is 5.56 Å². The van der Waals surface area contributed by atoms with Crippen molar-refractivity contribution in [3.05, 3.63) is 33.3 Å². The first kappa shape index (κ1) is 37.0. The summed E-state index contributed by atoms with van der Waals surface area (Å²) in [7, 11) is 0. The first-order chi connectivity index (χ1) is 17.6. The van der Waals surface area contributed by atoms with Crippen LogP contribution in [0.25, 0.3) is 0 Å². The molecule has 26 heteroatoms. The summed E-state index contributed by atoms with van der Waals surface area (Å²) in [5.74, 6) is -47.1. The van der Waals surface area contributed by atoms with Gasteiger partial charge in [-0.05, 0) is 15.9 Å². The van der Waals surface area contributed by atoms with Gasteiger partial charge in [-0.25, -0.2) is 17.6 Å².